The van der Waals surface area contributed by atoms with Crippen molar-refractivity contribution in [1.82, 2.24) is 25.5 Å². The number of likely N-dealkylation sites (tertiary alicyclic amines) is 1. The molecule has 2 heterocycles. The number of hydrogen-bond donors (Lipinski definition) is 6. The molecule has 4 atom stereocenters. The standard InChI is InChI=1S/C25H34N6O6S/c1-38-10-8-19(29-22(33)18(26)11-15-4-6-17(32)7-5-15)23(34)30-20(12-16-13-27-14-28-16)24(35)31-9-2-3-21(31)25(36)37/h4-7,13-14,18-21,32H,2-3,8-12,26H2,1H3,(H,27,28)(H,29,33)(H,30,34)(H,36,37). The number of nitrogens with one attached hydrogen (secondary N) is 3. The molecule has 2 aromatic rings. The Balaban J connectivity index is 1.72. The topological polar surface area (TPSA) is 191 Å². The first-order valence-corrected chi connectivity index (χ1v) is 13.7. The fourth-order valence-electron chi connectivity index (χ4n) is 4.34. The molecule has 0 aliphatic carbocycles. The van der Waals surface area contributed by atoms with E-state index < -0.39 is 47.9 Å². The molecule has 38 heavy (non-hydrogen) atoms. The molecule has 1 aliphatic rings. The van der Waals surface area contributed by atoms with Crippen LogP contribution in [0.15, 0.2) is 36.8 Å². The second kappa shape index (κ2) is 13.8. The van der Waals surface area contributed by atoms with E-state index in [9.17, 15) is 29.4 Å². The van der Waals surface area contributed by atoms with Crippen molar-refractivity contribution in [1.29, 1.82) is 0 Å². The zero-order chi connectivity index (χ0) is 27.7. The van der Waals surface area contributed by atoms with Crippen molar-refractivity contribution in [2.24, 2.45) is 5.73 Å². The largest absolute Gasteiger partial charge is 0.508 e. The van der Waals surface area contributed by atoms with Crippen LogP contribution in [0.3, 0.4) is 0 Å². The van der Waals surface area contributed by atoms with Crippen LogP contribution in [-0.2, 0) is 32.0 Å². The van der Waals surface area contributed by atoms with Gasteiger partial charge in [0, 0.05) is 24.9 Å². The number of aliphatic carboxylic acids is 1. The summed E-state index contributed by atoms with van der Waals surface area (Å²) in [5.74, 6) is -2.01. The molecule has 0 bridgehead atoms. The van der Waals surface area contributed by atoms with Crippen LogP contribution in [-0.4, -0.2) is 91.5 Å². The Labute approximate surface area is 224 Å². The highest BCUT2D eigenvalue weighted by Gasteiger charge is 2.38. The summed E-state index contributed by atoms with van der Waals surface area (Å²) in [6.07, 6.45) is 6.34. The first kappa shape index (κ1) is 29.0. The molecule has 1 fully saturated rings. The van der Waals surface area contributed by atoms with Crippen LogP contribution in [0, 0.1) is 0 Å². The number of imidazole rings is 1. The smallest absolute Gasteiger partial charge is 0.326 e. The first-order chi connectivity index (χ1) is 18.2. The Kier molecular flexibility index (Phi) is 10.5. The van der Waals surface area contributed by atoms with Crippen LogP contribution in [0.1, 0.15) is 30.5 Å². The van der Waals surface area contributed by atoms with Gasteiger partial charge in [-0.05, 0) is 55.4 Å². The molecule has 1 saturated heterocycles. The summed E-state index contributed by atoms with van der Waals surface area (Å²) in [6.45, 7) is 0.282. The number of carboxylic acid groups (broad SMARTS) is 1. The van der Waals surface area contributed by atoms with Gasteiger partial charge in [0.25, 0.3) is 0 Å². The van der Waals surface area contributed by atoms with Crippen molar-refractivity contribution < 1.29 is 29.4 Å². The van der Waals surface area contributed by atoms with E-state index in [0.29, 0.717) is 30.7 Å². The minimum atomic E-state index is -1.09. The Morgan fingerprint density at radius 1 is 1.16 bits per heavy atom. The summed E-state index contributed by atoms with van der Waals surface area (Å²) in [4.78, 5) is 59.4. The van der Waals surface area contributed by atoms with Crippen molar-refractivity contribution in [3.8, 4) is 5.75 Å². The highest BCUT2D eigenvalue weighted by Crippen LogP contribution is 2.19. The highest BCUT2D eigenvalue weighted by atomic mass is 32.2. The predicted octanol–water partition coefficient (Wildman–Crippen LogP) is 0.0261. The molecule has 12 nitrogen and oxygen atoms in total. The van der Waals surface area contributed by atoms with E-state index in [4.69, 9.17) is 5.73 Å². The zero-order valence-corrected chi connectivity index (χ0v) is 21.9. The van der Waals surface area contributed by atoms with Crippen LogP contribution in [0.2, 0.25) is 0 Å². The number of phenols is 1. The van der Waals surface area contributed by atoms with Crippen molar-refractivity contribution in [2.45, 2.75) is 56.3 Å². The molecule has 0 spiro atoms. The lowest BCUT2D eigenvalue weighted by Gasteiger charge is -2.29. The van der Waals surface area contributed by atoms with E-state index >= 15 is 0 Å². The quantitative estimate of drug-likeness (QED) is 0.201. The Bertz CT molecular complexity index is 1100. The Morgan fingerprint density at radius 2 is 1.87 bits per heavy atom. The zero-order valence-electron chi connectivity index (χ0n) is 21.1. The van der Waals surface area contributed by atoms with E-state index in [1.807, 2.05) is 6.26 Å². The molecule has 0 saturated carbocycles. The number of carboxylic acids is 1. The lowest BCUT2D eigenvalue weighted by Crippen LogP contribution is -2.58. The van der Waals surface area contributed by atoms with Crippen LogP contribution >= 0.6 is 11.8 Å². The average molecular weight is 547 g/mol. The summed E-state index contributed by atoms with van der Waals surface area (Å²) in [5.41, 5.74) is 7.43. The summed E-state index contributed by atoms with van der Waals surface area (Å²) >= 11 is 1.50. The SMILES string of the molecule is CSCCC(NC(=O)C(N)Cc1ccc(O)cc1)C(=O)NC(Cc1cnc[nH]1)C(=O)N1CCCC1C(=O)O. The average Bonchev–Trinajstić information content (AvgIpc) is 3.59. The molecule has 0 radical (unpaired) electrons. The lowest BCUT2D eigenvalue weighted by molar-refractivity contribution is -0.149. The fourth-order valence-corrected chi connectivity index (χ4v) is 4.81. The number of carbonyl (C=O) groups is 4. The molecule has 3 rings (SSSR count). The van der Waals surface area contributed by atoms with Gasteiger partial charge in [-0.3, -0.25) is 14.4 Å². The number of nitrogens with two attached hydrogens (primary N) is 1. The second-order valence-electron chi connectivity index (χ2n) is 9.19. The minimum absolute atomic E-state index is 0.0803. The van der Waals surface area contributed by atoms with Gasteiger partial charge in [-0.2, -0.15) is 11.8 Å². The van der Waals surface area contributed by atoms with Gasteiger partial charge in [-0.1, -0.05) is 12.1 Å². The first-order valence-electron chi connectivity index (χ1n) is 12.3. The molecule has 13 heteroatoms. The minimum Gasteiger partial charge on any atom is -0.508 e. The van der Waals surface area contributed by atoms with Gasteiger partial charge in [-0.25, -0.2) is 9.78 Å². The molecule has 1 aliphatic heterocycles. The molecular formula is C25H34N6O6S. The number of amides is 3. The van der Waals surface area contributed by atoms with Gasteiger partial charge in [0.2, 0.25) is 17.7 Å². The van der Waals surface area contributed by atoms with Crippen LogP contribution in [0.5, 0.6) is 5.75 Å². The summed E-state index contributed by atoms with van der Waals surface area (Å²) in [6, 6.07) is 2.43. The van der Waals surface area contributed by atoms with Crippen LogP contribution in [0.4, 0.5) is 0 Å². The number of rotatable bonds is 13. The predicted molar refractivity (Wildman–Crippen MR) is 141 cm³/mol. The van der Waals surface area contributed by atoms with Crippen molar-refractivity contribution in [3.05, 3.63) is 48.0 Å². The maximum atomic E-state index is 13.4. The third-order valence-corrected chi connectivity index (χ3v) is 7.03. The molecule has 1 aromatic heterocycles. The number of nitrogens with zero attached hydrogens (tertiary/aromatic N) is 2. The van der Waals surface area contributed by atoms with E-state index in [0.717, 1.165) is 5.56 Å². The molecule has 1 aromatic carbocycles. The lowest BCUT2D eigenvalue weighted by atomic mass is 10.0. The number of carbonyl (C=O) groups excluding carboxylic acids is 3. The summed E-state index contributed by atoms with van der Waals surface area (Å²) < 4.78 is 0. The van der Waals surface area contributed by atoms with E-state index in [-0.39, 0.29) is 25.1 Å². The molecule has 3 amide bonds. The third kappa shape index (κ3) is 7.96. The van der Waals surface area contributed by atoms with Gasteiger partial charge in [0.15, 0.2) is 0 Å². The third-order valence-electron chi connectivity index (χ3n) is 6.39. The van der Waals surface area contributed by atoms with Crippen LogP contribution < -0.4 is 16.4 Å². The second-order valence-corrected chi connectivity index (χ2v) is 10.2. The molecule has 206 valence electrons. The number of phenolic OH excluding ortho intramolecular Hbond substituents is 1. The van der Waals surface area contributed by atoms with Gasteiger partial charge >= 0.3 is 5.97 Å². The van der Waals surface area contributed by atoms with Gasteiger partial charge in [0.05, 0.1) is 12.4 Å². The molecular weight excluding hydrogens is 512 g/mol. The number of aromatic nitrogens is 2. The Morgan fingerprint density at radius 3 is 2.50 bits per heavy atom. The van der Waals surface area contributed by atoms with E-state index in [1.165, 1.54) is 41.3 Å². The maximum Gasteiger partial charge on any atom is 0.326 e. The van der Waals surface area contributed by atoms with Crippen molar-refractivity contribution in [3.63, 3.8) is 0 Å². The number of aromatic hydroxyl groups is 1. The monoisotopic (exact) mass is 546 g/mol. The number of hydrogen-bond acceptors (Lipinski definition) is 8. The molecule has 4 unspecified atom stereocenters. The summed E-state index contributed by atoms with van der Waals surface area (Å²) in [5, 5.41) is 24.4. The van der Waals surface area contributed by atoms with E-state index in [1.54, 1.807) is 12.1 Å². The number of benzene rings is 1. The molecule has 7 N–H and O–H groups in total. The van der Waals surface area contributed by atoms with Crippen molar-refractivity contribution >= 4 is 35.5 Å². The number of H-pyrrole nitrogens is 1. The Hall–Kier alpha value is -3.58. The van der Waals surface area contributed by atoms with Gasteiger partial charge in [0.1, 0.15) is 23.9 Å². The van der Waals surface area contributed by atoms with Crippen molar-refractivity contribution in [2.75, 3.05) is 18.6 Å². The van der Waals surface area contributed by atoms with Crippen LogP contribution in [0.25, 0.3) is 0 Å². The van der Waals surface area contributed by atoms with Gasteiger partial charge < -0.3 is 36.5 Å². The maximum absolute atomic E-state index is 13.4. The fraction of sp³-hybridized carbons (Fsp3) is 0.480. The van der Waals surface area contributed by atoms with E-state index in [2.05, 4.69) is 20.6 Å². The number of thioether (sulfide) groups is 1. The number of aromatic amines is 1. The summed E-state index contributed by atoms with van der Waals surface area (Å²) in [7, 11) is 0. The highest BCUT2D eigenvalue weighted by molar-refractivity contribution is 7.98. The van der Waals surface area contributed by atoms with Gasteiger partial charge in [-0.15, -0.1) is 0 Å². The normalized spacial score (nSPS) is 17.4.